The van der Waals surface area contributed by atoms with E-state index in [4.69, 9.17) is 0 Å². The van der Waals surface area contributed by atoms with Crippen LogP contribution in [-0.2, 0) is 12.8 Å². The number of benzene rings is 4. The Morgan fingerprint density at radius 3 is 1.16 bits per heavy atom. The molecule has 2 N–H and O–H groups in total. The van der Waals surface area contributed by atoms with Crippen LogP contribution in [0.5, 0.6) is 0 Å². The minimum absolute atomic E-state index is 0. The van der Waals surface area contributed by atoms with E-state index < -0.39 is 34.2 Å². The van der Waals surface area contributed by atoms with Crippen LogP contribution >= 0.6 is 0 Å². The van der Waals surface area contributed by atoms with Crippen molar-refractivity contribution in [3.63, 3.8) is 0 Å². The van der Waals surface area contributed by atoms with Crippen molar-refractivity contribution in [1.82, 2.24) is 19.9 Å². The molecule has 0 amide bonds. The fraction of sp³-hybridized carbons (Fsp3) is 0.105. The Hall–Kier alpha value is -4.42. The molecule has 0 aliphatic carbocycles. The van der Waals surface area contributed by atoms with E-state index in [0.29, 0.717) is 35.6 Å². The molecular weight excluding hydrogens is 654 g/mol. The van der Waals surface area contributed by atoms with Crippen molar-refractivity contribution < 1.29 is 78.9 Å². The molecule has 0 saturated carbocycles. The summed E-state index contributed by atoms with van der Waals surface area (Å²) in [6.45, 7) is 3.98. The van der Waals surface area contributed by atoms with Gasteiger partial charge in [-0.25, -0.2) is 9.97 Å². The summed E-state index contributed by atoms with van der Waals surface area (Å²) in [5.74, 6) is -2.26. The van der Waals surface area contributed by atoms with Crippen LogP contribution in [0.4, 0.5) is 0 Å². The molecule has 0 unspecified atom stereocenters. The number of rotatable bonds is 8. The summed E-state index contributed by atoms with van der Waals surface area (Å²) in [5.41, 5.74) is 3.30. The zero-order valence-corrected chi connectivity index (χ0v) is 32.2. The predicted molar refractivity (Wildman–Crippen MR) is 177 cm³/mol. The van der Waals surface area contributed by atoms with Crippen LogP contribution in [0.15, 0.2) is 119 Å². The first-order valence-electron chi connectivity index (χ1n) is 15.0. The molecule has 0 aliphatic heterocycles. The number of carboxylic acids is 2. The van der Waals surface area contributed by atoms with Gasteiger partial charge in [0.1, 0.15) is 11.6 Å². The van der Waals surface area contributed by atoms with Gasteiger partial charge in [0.05, 0.1) is 34.5 Å². The maximum Gasteiger partial charge on any atom is 1.00 e. The van der Waals surface area contributed by atoms with Crippen LogP contribution in [0, 0.1) is 13.8 Å². The number of carbonyl (C=O) groups excluding carboxylic acids is 2. The molecule has 0 radical (unpaired) electrons. The average Bonchev–Trinajstić information content (AvgIpc) is 3.07. The van der Waals surface area contributed by atoms with Crippen molar-refractivity contribution >= 4 is 11.9 Å². The Bertz CT molecular complexity index is 2030. The van der Waals surface area contributed by atoms with E-state index in [9.17, 15) is 29.4 Å². The summed E-state index contributed by atoms with van der Waals surface area (Å²) in [6.07, 6.45) is 0.811. The van der Waals surface area contributed by atoms with Gasteiger partial charge in [-0.05, 0) is 25.0 Å². The number of carbonyl (C=O) groups is 2. The average molecular weight is 685 g/mol. The van der Waals surface area contributed by atoms with Crippen molar-refractivity contribution in [3.05, 3.63) is 175 Å². The zero-order chi connectivity index (χ0) is 34.2. The largest absolute Gasteiger partial charge is 1.00 e. The standard InChI is InChI=1S/2C19H16N2O3.2Na/c2*1-12-7-9-13(10-8-12)11-15-20-17(14-5-3-2-4-6-14)16(19(23)24)18(22)21-15;;/h2*2-10H,11H2,1H3,(H,23,24)(H,20,21,22);;/q;;2*+1/p-2. The Morgan fingerprint density at radius 2 is 0.860 bits per heavy atom. The fourth-order valence-electron chi connectivity index (χ4n) is 4.99. The number of aryl methyl sites for hydroxylation is 2. The molecule has 0 bridgehead atoms. The smallest absolute Gasteiger partial charge is 0.545 e. The Morgan fingerprint density at radius 1 is 0.540 bits per heavy atom. The third kappa shape index (κ3) is 10.3. The van der Waals surface area contributed by atoms with Crippen LogP contribution in [-0.4, -0.2) is 31.9 Å². The van der Waals surface area contributed by atoms with Gasteiger partial charge in [-0.2, -0.15) is 0 Å². The second-order valence-corrected chi connectivity index (χ2v) is 11.1. The Labute approximate surface area is 332 Å². The number of aromatic carboxylic acids is 2. The van der Waals surface area contributed by atoms with Crippen molar-refractivity contribution in [3.8, 4) is 22.5 Å². The van der Waals surface area contributed by atoms with E-state index in [1.807, 2.05) is 74.5 Å². The van der Waals surface area contributed by atoms with Crippen LogP contribution < -0.4 is 80.4 Å². The maximum absolute atomic E-state index is 12.2. The van der Waals surface area contributed by atoms with Gasteiger partial charge in [-0.1, -0.05) is 120 Å². The van der Waals surface area contributed by atoms with Gasteiger partial charge in [0.25, 0.3) is 11.1 Å². The third-order valence-electron chi connectivity index (χ3n) is 7.42. The van der Waals surface area contributed by atoms with Crippen LogP contribution in [0.3, 0.4) is 0 Å². The van der Waals surface area contributed by atoms with Gasteiger partial charge in [-0.15, -0.1) is 0 Å². The molecule has 50 heavy (non-hydrogen) atoms. The van der Waals surface area contributed by atoms with E-state index in [0.717, 1.165) is 22.3 Å². The third-order valence-corrected chi connectivity index (χ3v) is 7.42. The van der Waals surface area contributed by atoms with E-state index in [1.54, 1.807) is 48.5 Å². The number of aromatic nitrogens is 4. The van der Waals surface area contributed by atoms with Gasteiger partial charge in [0.15, 0.2) is 0 Å². The number of H-pyrrole nitrogens is 2. The van der Waals surface area contributed by atoms with E-state index in [2.05, 4.69) is 19.9 Å². The minimum atomic E-state index is -1.54. The predicted octanol–water partition coefficient (Wildman–Crippen LogP) is -2.59. The normalized spacial score (nSPS) is 10.1. The summed E-state index contributed by atoms with van der Waals surface area (Å²) in [5, 5.41) is 22.7. The van der Waals surface area contributed by atoms with Gasteiger partial charge in [0.2, 0.25) is 0 Å². The van der Waals surface area contributed by atoms with Crippen LogP contribution in [0.25, 0.3) is 22.5 Å². The topological polar surface area (TPSA) is 172 Å². The monoisotopic (exact) mass is 684 g/mol. The number of nitrogens with zero attached hydrogens (tertiary/aromatic N) is 2. The van der Waals surface area contributed by atoms with Crippen LogP contribution in [0.2, 0.25) is 0 Å². The van der Waals surface area contributed by atoms with Crippen molar-refractivity contribution in [2.45, 2.75) is 26.7 Å². The molecule has 0 aliphatic rings. The van der Waals surface area contributed by atoms with E-state index in [-0.39, 0.29) is 70.5 Å². The molecule has 240 valence electrons. The summed E-state index contributed by atoms with van der Waals surface area (Å²) >= 11 is 0. The molecule has 12 heteroatoms. The Balaban J connectivity index is 0.000000260. The van der Waals surface area contributed by atoms with Gasteiger partial charge in [-0.3, -0.25) is 9.59 Å². The van der Waals surface area contributed by atoms with Crippen LogP contribution in [0.1, 0.15) is 54.6 Å². The number of nitrogens with one attached hydrogen (secondary N) is 2. The molecule has 0 spiro atoms. The summed E-state index contributed by atoms with van der Waals surface area (Å²) in [4.78, 5) is 60.9. The van der Waals surface area contributed by atoms with Gasteiger partial charge in [0, 0.05) is 24.0 Å². The van der Waals surface area contributed by atoms with Crippen molar-refractivity contribution in [2.24, 2.45) is 0 Å². The zero-order valence-electron chi connectivity index (χ0n) is 28.2. The molecule has 2 aromatic heterocycles. The fourth-order valence-corrected chi connectivity index (χ4v) is 4.99. The SMILES string of the molecule is Cc1ccc(Cc2nc(-c3ccccc3)c(C(=O)[O-])c(=O)[nH]2)cc1.Cc1ccc(Cc2nc(-c3ccccc3)c(C(=O)[O-])c(=O)[nH]2)cc1.[Na+].[Na+]. The maximum atomic E-state index is 12.2. The number of carboxylic acid groups (broad SMARTS) is 2. The minimum Gasteiger partial charge on any atom is -0.545 e. The number of aromatic amines is 2. The Kier molecular flexibility index (Phi) is 14.8. The summed E-state index contributed by atoms with van der Waals surface area (Å²) < 4.78 is 0. The molecule has 4 aromatic carbocycles. The molecule has 6 aromatic rings. The van der Waals surface area contributed by atoms with Crippen molar-refractivity contribution in [1.29, 1.82) is 0 Å². The molecular formula is C38H30N4Na2O6. The molecule has 0 fully saturated rings. The van der Waals surface area contributed by atoms with Crippen molar-refractivity contribution in [2.75, 3.05) is 0 Å². The first kappa shape index (κ1) is 40.0. The summed E-state index contributed by atoms with van der Waals surface area (Å²) in [6, 6.07) is 33.2. The molecule has 2 heterocycles. The molecule has 0 saturated heterocycles. The van der Waals surface area contributed by atoms with Gasteiger partial charge >= 0.3 is 59.1 Å². The first-order chi connectivity index (χ1) is 23.1. The second kappa shape index (κ2) is 18.5. The number of hydrogen-bond acceptors (Lipinski definition) is 8. The summed E-state index contributed by atoms with van der Waals surface area (Å²) in [7, 11) is 0. The molecule has 10 nitrogen and oxygen atoms in total. The van der Waals surface area contributed by atoms with Gasteiger partial charge < -0.3 is 29.8 Å². The second-order valence-electron chi connectivity index (χ2n) is 11.1. The van der Waals surface area contributed by atoms with E-state index in [1.165, 1.54) is 0 Å². The molecule has 0 atom stereocenters. The first-order valence-corrected chi connectivity index (χ1v) is 15.0. The van der Waals surface area contributed by atoms with E-state index >= 15 is 0 Å². The quantitative estimate of drug-likeness (QED) is 0.165. The molecule has 6 rings (SSSR count). The number of hydrogen-bond donors (Lipinski definition) is 2.